The third kappa shape index (κ3) is 3.03. The molecule has 2 unspecified atom stereocenters. The number of halogens is 1. The Morgan fingerprint density at radius 1 is 1.30 bits per heavy atom. The van der Waals surface area contributed by atoms with Gasteiger partial charge in [0.2, 0.25) is 0 Å². The summed E-state index contributed by atoms with van der Waals surface area (Å²) < 4.78 is 5.77. The van der Waals surface area contributed by atoms with Crippen molar-refractivity contribution in [3.05, 3.63) is 42.1 Å². The predicted octanol–water partition coefficient (Wildman–Crippen LogP) is 3.22. The van der Waals surface area contributed by atoms with Crippen LogP contribution in [-0.2, 0) is 11.3 Å². The summed E-state index contributed by atoms with van der Waals surface area (Å²) >= 11 is 3.51. The molecule has 0 N–H and O–H groups in total. The van der Waals surface area contributed by atoms with Gasteiger partial charge in [0, 0.05) is 29.8 Å². The second-order valence-electron chi connectivity index (χ2n) is 5.38. The monoisotopic (exact) mass is 334 g/mol. The van der Waals surface area contributed by atoms with Gasteiger partial charge < -0.3 is 4.74 Å². The Labute approximate surface area is 128 Å². The first-order valence-corrected chi connectivity index (χ1v) is 8.14. The van der Waals surface area contributed by atoms with E-state index in [4.69, 9.17) is 9.72 Å². The summed E-state index contributed by atoms with van der Waals surface area (Å²) in [4.78, 5) is 7.21. The van der Waals surface area contributed by atoms with Gasteiger partial charge in [-0.25, -0.2) is 0 Å². The Bertz CT molecular complexity index is 589. The fraction of sp³-hybridized carbons (Fsp3) is 0.438. The zero-order valence-electron chi connectivity index (χ0n) is 11.6. The highest BCUT2D eigenvalue weighted by Crippen LogP contribution is 2.18. The van der Waals surface area contributed by atoms with Gasteiger partial charge in [0.15, 0.2) is 0 Å². The molecule has 2 heterocycles. The molecule has 0 spiro atoms. The van der Waals surface area contributed by atoms with Crippen molar-refractivity contribution in [2.45, 2.75) is 25.6 Å². The van der Waals surface area contributed by atoms with E-state index in [1.54, 1.807) is 0 Å². The zero-order valence-corrected chi connectivity index (χ0v) is 13.2. The van der Waals surface area contributed by atoms with E-state index >= 15 is 0 Å². The Morgan fingerprint density at radius 3 is 3.00 bits per heavy atom. The molecule has 1 saturated heterocycles. The van der Waals surface area contributed by atoms with E-state index < -0.39 is 0 Å². The molecule has 1 aromatic carbocycles. The van der Waals surface area contributed by atoms with Crippen LogP contribution in [0.3, 0.4) is 0 Å². The van der Waals surface area contributed by atoms with Gasteiger partial charge in [-0.3, -0.25) is 9.88 Å². The van der Waals surface area contributed by atoms with Crippen LogP contribution in [0.15, 0.2) is 36.4 Å². The first-order valence-electron chi connectivity index (χ1n) is 7.02. The Balaban J connectivity index is 1.77. The fourth-order valence-electron chi connectivity index (χ4n) is 2.59. The molecule has 1 aromatic heterocycles. The van der Waals surface area contributed by atoms with Gasteiger partial charge in [-0.1, -0.05) is 40.2 Å². The number of pyridine rings is 1. The summed E-state index contributed by atoms with van der Waals surface area (Å²) in [5.74, 6) is 0. The van der Waals surface area contributed by atoms with E-state index in [2.05, 4.69) is 52.0 Å². The molecule has 1 fully saturated rings. The molecular formula is C16H19BrN2O. The molecule has 3 rings (SSSR count). The van der Waals surface area contributed by atoms with Crippen molar-refractivity contribution in [1.82, 2.24) is 9.88 Å². The predicted molar refractivity (Wildman–Crippen MR) is 85.1 cm³/mol. The highest BCUT2D eigenvalue weighted by atomic mass is 79.9. The van der Waals surface area contributed by atoms with Crippen molar-refractivity contribution in [3.63, 3.8) is 0 Å². The molecule has 2 aromatic rings. The second kappa shape index (κ2) is 6.20. The van der Waals surface area contributed by atoms with Crippen LogP contribution in [0.4, 0.5) is 0 Å². The Kier molecular flexibility index (Phi) is 4.34. The number of rotatable bonds is 3. The summed E-state index contributed by atoms with van der Waals surface area (Å²) in [7, 11) is 0. The van der Waals surface area contributed by atoms with Crippen molar-refractivity contribution in [2.24, 2.45) is 0 Å². The van der Waals surface area contributed by atoms with Crippen LogP contribution in [-0.4, -0.2) is 40.5 Å². The number of alkyl halides is 1. The van der Waals surface area contributed by atoms with Gasteiger partial charge in [-0.2, -0.15) is 0 Å². The number of fused-ring (bicyclic) bond motifs is 1. The van der Waals surface area contributed by atoms with Crippen molar-refractivity contribution in [3.8, 4) is 0 Å². The minimum absolute atomic E-state index is 0.284. The number of hydrogen-bond acceptors (Lipinski definition) is 3. The van der Waals surface area contributed by atoms with E-state index in [0.29, 0.717) is 6.04 Å². The average molecular weight is 335 g/mol. The van der Waals surface area contributed by atoms with Crippen LogP contribution in [0, 0.1) is 0 Å². The van der Waals surface area contributed by atoms with Gasteiger partial charge in [0.05, 0.1) is 23.9 Å². The highest BCUT2D eigenvalue weighted by Gasteiger charge is 2.25. The molecule has 0 radical (unpaired) electrons. The zero-order chi connectivity index (χ0) is 13.9. The lowest BCUT2D eigenvalue weighted by molar-refractivity contribution is -0.0503. The maximum atomic E-state index is 5.77. The number of para-hydroxylation sites is 1. The lowest BCUT2D eigenvalue weighted by Crippen LogP contribution is -2.48. The molecule has 106 valence electrons. The van der Waals surface area contributed by atoms with Crippen LogP contribution >= 0.6 is 15.9 Å². The Hall–Kier alpha value is -0.970. The summed E-state index contributed by atoms with van der Waals surface area (Å²) in [5, 5.41) is 2.09. The summed E-state index contributed by atoms with van der Waals surface area (Å²) in [6.07, 6.45) is 0.284. The topological polar surface area (TPSA) is 25.4 Å². The lowest BCUT2D eigenvalue weighted by atomic mass is 10.1. The number of hydrogen-bond donors (Lipinski definition) is 0. The molecule has 1 aliphatic rings. The third-order valence-corrected chi connectivity index (χ3v) is 4.55. The van der Waals surface area contributed by atoms with Gasteiger partial charge in [0.1, 0.15) is 0 Å². The molecule has 1 aliphatic heterocycles. The first-order chi connectivity index (χ1) is 9.76. The van der Waals surface area contributed by atoms with E-state index in [-0.39, 0.29) is 6.10 Å². The van der Waals surface area contributed by atoms with E-state index in [1.165, 1.54) is 5.39 Å². The second-order valence-corrected chi connectivity index (χ2v) is 6.03. The van der Waals surface area contributed by atoms with Gasteiger partial charge in [-0.15, -0.1) is 0 Å². The number of nitrogens with zero attached hydrogens (tertiary/aromatic N) is 2. The number of ether oxygens (including phenoxy) is 1. The summed E-state index contributed by atoms with van der Waals surface area (Å²) in [6.45, 7) is 4.86. The minimum atomic E-state index is 0.284. The molecule has 2 atom stereocenters. The normalized spacial score (nSPS) is 24.1. The molecule has 0 bridgehead atoms. The molecule has 20 heavy (non-hydrogen) atoms. The summed E-state index contributed by atoms with van der Waals surface area (Å²) in [5.41, 5.74) is 2.20. The summed E-state index contributed by atoms with van der Waals surface area (Å²) in [6, 6.07) is 13.0. The van der Waals surface area contributed by atoms with E-state index in [1.807, 2.05) is 12.1 Å². The van der Waals surface area contributed by atoms with Crippen LogP contribution in [0.1, 0.15) is 12.6 Å². The maximum Gasteiger partial charge on any atom is 0.0799 e. The maximum absolute atomic E-state index is 5.77. The first kappa shape index (κ1) is 14.0. The van der Waals surface area contributed by atoms with Crippen molar-refractivity contribution in [1.29, 1.82) is 0 Å². The van der Waals surface area contributed by atoms with Crippen molar-refractivity contribution < 1.29 is 4.74 Å². The third-order valence-electron chi connectivity index (χ3n) is 3.83. The van der Waals surface area contributed by atoms with Crippen LogP contribution < -0.4 is 0 Å². The van der Waals surface area contributed by atoms with Gasteiger partial charge in [0.25, 0.3) is 0 Å². The molecular weight excluding hydrogens is 316 g/mol. The number of aromatic nitrogens is 1. The quantitative estimate of drug-likeness (QED) is 0.806. The highest BCUT2D eigenvalue weighted by molar-refractivity contribution is 9.09. The van der Waals surface area contributed by atoms with Crippen molar-refractivity contribution >= 4 is 26.8 Å². The molecule has 0 aliphatic carbocycles. The molecule has 0 saturated carbocycles. The van der Waals surface area contributed by atoms with Gasteiger partial charge >= 0.3 is 0 Å². The number of benzene rings is 1. The van der Waals surface area contributed by atoms with Gasteiger partial charge in [-0.05, 0) is 19.1 Å². The van der Waals surface area contributed by atoms with Crippen molar-refractivity contribution in [2.75, 3.05) is 18.5 Å². The fourth-order valence-corrected chi connectivity index (χ4v) is 2.98. The minimum Gasteiger partial charge on any atom is -0.374 e. The molecule has 0 amide bonds. The van der Waals surface area contributed by atoms with E-state index in [0.717, 1.165) is 36.2 Å². The van der Waals surface area contributed by atoms with Crippen LogP contribution in [0.25, 0.3) is 10.9 Å². The molecule has 3 nitrogen and oxygen atoms in total. The Morgan fingerprint density at radius 2 is 2.15 bits per heavy atom. The van der Waals surface area contributed by atoms with E-state index in [9.17, 15) is 0 Å². The number of morpholine rings is 1. The largest absolute Gasteiger partial charge is 0.374 e. The average Bonchev–Trinajstić information content (AvgIpc) is 2.49. The SMILES string of the molecule is CC1COC(CBr)CN1Cc1ccc2ccccc2n1. The smallest absolute Gasteiger partial charge is 0.0799 e. The standard InChI is InChI=1S/C16H19BrN2O/c1-12-11-20-15(8-17)10-19(12)9-14-7-6-13-4-2-3-5-16(13)18-14/h2-7,12,15H,8-11H2,1H3. The van der Waals surface area contributed by atoms with Crippen LogP contribution in [0.2, 0.25) is 0 Å². The lowest BCUT2D eigenvalue weighted by Gasteiger charge is -2.37. The van der Waals surface area contributed by atoms with Crippen LogP contribution in [0.5, 0.6) is 0 Å². The molecule has 4 heteroatoms.